The Bertz CT molecular complexity index is 1570. The van der Waals surface area contributed by atoms with Crippen molar-refractivity contribution in [3.8, 4) is 6.07 Å². The predicted molar refractivity (Wildman–Crippen MR) is 138 cm³/mol. The highest BCUT2D eigenvalue weighted by Gasteiger charge is 2.21. The minimum Gasteiger partial charge on any atom is -0.350 e. The largest absolute Gasteiger partial charge is 0.350 e. The molecule has 35 heavy (non-hydrogen) atoms. The fourth-order valence-electron chi connectivity index (χ4n) is 4.61. The van der Waals surface area contributed by atoms with Crippen LogP contribution in [0.2, 0.25) is 0 Å². The maximum absolute atomic E-state index is 13.2. The van der Waals surface area contributed by atoms with Crippen LogP contribution < -0.4 is 4.72 Å². The maximum Gasteiger partial charge on any atom is 0.262 e. The number of aromatic nitrogens is 1. The molecule has 0 radical (unpaired) electrons. The van der Waals surface area contributed by atoms with Gasteiger partial charge in [-0.3, -0.25) is 9.52 Å². The molecule has 0 bridgehead atoms. The van der Waals surface area contributed by atoms with E-state index in [0.29, 0.717) is 46.2 Å². The summed E-state index contributed by atoms with van der Waals surface area (Å²) in [6.07, 6.45) is 2.65. The molecule has 0 fully saturated rings. The van der Waals surface area contributed by atoms with Gasteiger partial charge in [-0.05, 0) is 74.2 Å². The Morgan fingerprint density at radius 2 is 1.66 bits per heavy atom. The first-order valence-electron chi connectivity index (χ1n) is 11.3. The zero-order chi connectivity index (χ0) is 25.3. The molecule has 0 aliphatic carbocycles. The van der Waals surface area contributed by atoms with Gasteiger partial charge in [0.05, 0.1) is 16.5 Å². The lowest BCUT2D eigenvalue weighted by atomic mass is 10.0. The summed E-state index contributed by atoms with van der Waals surface area (Å²) in [6.45, 7) is 5.52. The Balaban J connectivity index is 1.61. The highest BCUT2D eigenvalue weighted by atomic mass is 32.2. The number of fused-ring (bicyclic) bond motifs is 1. The Kier molecular flexibility index (Phi) is 6.51. The lowest BCUT2D eigenvalue weighted by molar-refractivity contribution is 0.0984. The average Bonchev–Trinajstić information content (AvgIpc) is 3.12. The molecule has 6 nitrogen and oxygen atoms in total. The first-order chi connectivity index (χ1) is 16.6. The second kappa shape index (κ2) is 9.40. The first kappa shape index (κ1) is 24.2. The first-order valence-corrected chi connectivity index (χ1v) is 12.8. The van der Waals surface area contributed by atoms with E-state index in [0.717, 1.165) is 16.6 Å². The number of ketones is 1. The lowest BCUT2D eigenvalue weighted by Crippen LogP contribution is -2.16. The standard InChI is InChI=1S/C28H27N3O3S/c1-18-13-19(2)28(20(3)14-18)35(33,34)30-23-10-11-26-24(15-23)25(17-31(26)4)27(32)12-9-21-5-7-22(16-29)8-6-21/h5-8,10-11,13-15,17,30H,9,12H2,1-4H3. The summed E-state index contributed by atoms with van der Waals surface area (Å²) in [7, 11) is -1.94. The minimum atomic E-state index is -3.80. The number of nitrogens with zero attached hydrogens (tertiary/aromatic N) is 2. The number of carbonyl (C=O) groups is 1. The zero-order valence-corrected chi connectivity index (χ0v) is 21.0. The van der Waals surface area contributed by atoms with Gasteiger partial charge in [0, 0.05) is 41.8 Å². The molecule has 0 aliphatic rings. The lowest BCUT2D eigenvalue weighted by Gasteiger charge is -2.14. The van der Waals surface area contributed by atoms with E-state index in [9.17, 15) is 13.2 Å². The second-order valence-electron chi connectivity index (χ2n) is 8.95. The van der Waals surface area contributed by atoms with Crippen LogP contribution in [0.1, 0.15) is 44.6 Å². The smallest absolute Gasteiger partial charge is 0.262 e. The number of aryl methyl sites for hydroxylation is 5. The number of hydrogen-bond donors (Lipinski definition) is 1. The molecule has 0 aliphatic heterocycles. The number of hydrogen-bond acceptors (Lipinski definition) is 4. The predicted octanol–water partition coefficient (Wildman–Crippen LogP) is 5.59. The number of nitriles is 1. The van der Waals surface area contributed by atoms with E-state index >= 15 is 0 Å². The molecule has 1 N–H and O–H groups in total. The van der Waals surface area contributed by atoms with E-state index in [-0.39, 0.29) is 10.7 Å². The van der Waals surface area contributed by atoms with Crippen LogP contribution in [-0.4, -0.2) is 18.8 Å². The zero-order valence-electron chi connectivity index (χ0n) is 20.2. The van der Waals surface area contributed by atoms with Crippen LogP contribution in [0.25, 0.3) is 10.9 Å². The summed E-state index contributed by atoms with van der Waals surface area (Å²) in [5.74, 6) is -0.0230. The van der Waals surface area contributed by atoms with E-state index in [1.807, 2.05) is 48.9 Å². The van der Waals surface area contributed by atoms with Gasteiger partial charge in [-0.15, -0.1) is 0 Å². The summed E-state index contributed by atoms with van der Waals surface area (Å²) < 4.78 is 31.0. The molecule has 0 amide bonds. The van der Waals surface area contributed by atoms with Crippen LogP contribution in [-0.2, 0) is 23.5 Å². The van der Waals surface area contributed by atoms with Gasteiger partial charge in [0.25, 0.3) is 10.0 Å². The van der Waals surface area contributed by atoms with Crippen molar-refractivity contribution in [1.82, 2.24) is 4.57 Å². The third-order valence-electron chi connectivity index (χ3n) is 6.14. The maximum atomic E-state index is 13.2. The molecular weight excluding hydrogens is 458 g/mol. The van der Waals surface area contributed by atoms with Gasteiger partial charge in [-0.1, -0.05) is 29.8 Å². The quantitative estimate of drug-likeness (QED) is 0.345. The number of nitrogens with one attached hydrogen (secondary N) is 1. The van der Waals surface area contributed by atoms with Crippen molar-refractivity contribution in [1.29, 1.82) is 5.26 Å². The van der Waals surface area contributed by atoms with Crippen LogP contribution >= 0.6 is 0 Å². The van der Waals surface area contributed by atoms with E-state index in [2.05, 4.69) is 10.8 Å². The van der Waals surface area contributed by atoms with Gasteiger partial charge in [0.2, 0.25) is 0 Å². The van der Waals surface area contributed by atoms with Crippen LogP contribution in [0.4, 0.5) is 5.69 Å². The normalized spacial score (nSPS) is 11.4. The summed E-state index contributed by atoms with van der Waals surface area (Å²) >= 11 is 0. The molecule has 3 aromatic carbocycles. The van der Waals surface area contributed by atoms with Crippen LogP contribution in [0.5, 0.6) is 0 Å². The van der Waals surface area contributed by atoms with E-state index in [1.165, 1.54) is 0 Å². The Morgan fingerprint density at radius 3 is 2.29 bits per heavy atom. The minimum absolute atomic E-state index is 0.0230. The number of anilines is 1. The average molecular weight is 486 g/mol. The molecule has 4 aromatic rings. The number of carbonyl (C=O) groups excluding carboxylic acids is 1. The molecule has 1 heterocycles. The van der Waals surface area contributed by atoms with Gasteiger partial charge >= 0.3 is 0 Å². The van der Waals surface area contributed by atoms with Crippen molar-refractivity contribution in [2.24, 2.45) is 7.05 Å². The molecule has 0 unspecified atom stereocenters. The third kappa shape index (κ3) is 4.98. The van der Waals surface area contributed by atoms with Crippen LogP contribution in [0.15, 0.2) is 65.7 Å². The summed E-state index contributed by atoms with van der Waals surface area (Å²) in [5.41, 5.74) is 5.76. The summed E-state index contributed by atoms with van der Waals surface area (Å²) in [4.78, 5) is 13.4. The molecule has 1 aromatic heterocycles. The van der Waals surface area contributed by atoms with Crippen LogP contribution in [0, 0.1) is 32.1 Å². The van der Waals surface area contributed by atoms with Crippen molar-refractivity contribution >= 4 is 32.4 Å². The molecule has 4 rings (SSSR count). The summed E-state index contributed by atoms with van der Waals surface area (Å²) in [6, 6.07) is 18.3. The van der Waals surface area contributed by atoms with Gasteiger partial charge in [-0.2, -0.15) is 5.26 Å². The monoisotopic (exact) mass is 485 g/mol. The Labute approximate surface area is 205 Å². The third-order valence-corrected chi connectivity index (χ3v) is 7.83. The number of benzene rings is 3. The van der Waals surface area contributed by atoms with Crippen molar-refractivity contribution < 1.29 is 13.2 Å². The molecule has 178 valence electrons. The van der Waals surface area contributed by atoms with Crippen molar-refractivity contribution in [2.45, 2.75) is 38.5 Å². The van der Waals surface area contributed by atoms with Crippen LogP contribution in [0.3, 0.4) is 0 Å². The highest BCUT2D eigenvalue weighted by Crippen LogP contribution is 2.29. The van der Waals surface area contributed by atoms with Crippen molar-refractivity contribution in [2.75, 3.05) is 4.72 Å². The molecule has 0 saturated heterocycles. The van der Waals surface area contributed by atoms with E-state index in [4.69, 9.17) is 5.26 Å². The summed E-state index contributed by atoms with van der Waals surface area (Å²) in [5, 5.41) is 9.65. The molecule has 0 saturated carbocycles. The Hall–Kier alpha value is -3.89. The second-order valence-corrected chi connectivity index (χ2v) is 10.6. The van der Waals surface area contributed by atoms with E-state index in [1.54, 1.807) is 44.3 Å². The van der Waals surface area contributed by atoms with Crippen molar-refractivity contribution in [3.05, 3.63) is 94.2 Å². The number of Topliss-reactive ketones (excluding diaryl/α,β-unsaturated/α-hetero) is 1. The fourth-order valence-corrected chi connectivity index (χ4v) is 6.12. The topological polar surface area (TPSA) is 92.0 Å². The Morgan fingerprint density at radius 1 is 1.00 bits per heavy atom. The van der Waals surface area contributed by atoms with Gasteiger partial charge in [0.1, 0.15) is 0 Å². The molecule has 0 atom stereocenters. The SMILES string of the molecule is Cc1cc(C)c(S(=O)(=O)Nc2ccc3c(c2)c(C(=O)CCc2ccc(C#N)cc2)cn3C)c(C)c1. The number of rotatable bonds is 7. The molecule has 0 spiro atoms. The van der Waals surface area contributed by atoms with E-state index < -0.39 is 10.0 Å². The number of sulfonamides is 1. The fraction of sp³-hybridized carbons (Fsp3) is 0.214. The van der Waals surface area contributed by atoms with Crippen molar-refractivity contribution in [3.63, 3.8) is 0 Å². The van der Waals surface area contributed by atoms with Gasteiger partial charge < -0.3 is 4.57 Å². The van der Waals surface area contributed by atoms with Gasteiger partial charge in [-0.25, -0.2) is 8.42 Å². The highest BCUT2D eigenvalue weighted by molar-refractivity contribution is 7.92. The van der Waals surface area contributed by atoms with Gasteiger partial charge in [0.15, 0.2) is 5.78 Å². The molecular formula is C28H27N3O3S. The molecule has 7 heteroatoms.